The molecule has 0 spiro atoms. The zero-order valence-electron chi connectivity index (χ0n) is 10.6. The molecule has 0 heterocycles. The molecular formula is C12H19N3O3. The van der Waals surface area contributed by atoms with Crippen LogP contribution in [-0.2, 0) is 9.47 Å². The van der Waals surface area contributed by atoms with Crippen molar-refractivity contribution in [1.29, 1.82) is 0 Å². The summed E-state index contributed by atoms with van der Waals surface area (Å²) in [6, 6.07) is 4.78. The lowest BCUT2D eigenvalue weighted by Crippen LogP contribution is -2.35. The second-order valence-corrected chi connectivity index (χ2v) is 3.87. The van der Waals surface area contributed by atoms with E-state index in [1.165, 1.54) is 0 Å². The molecule has 0 bridgehead atoms. The Balaban J connectivity index is 2.59. The number of nitrogen functional groups attached to an aromatic ring is 2. The number of carbonyl (C=O) groups is 1. The van der Waals surface area contributed by atoms with Crippen molar-refractivity contribution in [2.45, 2.75) is 6.10 Å². The van der Waals surface area contributed by atoms with Crippen molar-refractivity contribution in [3.63, 3.8) is 0 Å². The highest BCUT2D eigenvalue weighted by Crippen LogP contribution is 2.15. The lowest BCUT2D eigenvalue weighted by Gasteiger charge is -2.15. The number of anilines is 2. The van der Waals surface area contributed by atoms with E-state index in [9.17, 15) is 4.79 Å². The Morgan fingerprint density at radius 3 is 2.67 bits per heavy atom. The van der Waals surface area contributed by atoms with Crippen LogP contribution in [0, 0.1) is 0 Å². The predicted octanol–water partition coefficient (Wildman–Crippen LogP) is 0.242. The van der Waals surface area contributed by atoms with Gasteiger partial charge in [0.2, 0.25) is 0 Å². The van der Waals surface area contributed by atoms with E-state index >= 15 is 0 Å². The molecular weight excluding hydrogens is 234 g/mol. The third kappa shape index (κ3) is 3.90. The summed E-state index contributed by atoms with van der Waals surface area (Å²) in [4.78, 5) is 11.9. The molecule has 0 aliphatic rings. The van der Waals surface area contributed by atoms with Crippen LogP contribution < -0.4 is 16.8 Å². The number of methoxy groups -OCH3 is 2. The highest BCUT2D eigenvalue weighted by molar-refractivity contribution is 5.99. The number of carbonyl (C=O) groups excluding carboxylic acids is 1. The molecule has 100 valence electrons. The number of rotatable bonds is 6. The summed E-state index contributed by atoms with van der Waals surface area (Å²) in [7, 11) is 3.14. The molecule has 6 nitrogen and oxygen atoms in total. The molecule has 6 heteroatoms. The Morgan fingerprint density at radius 2 is 2.11 bits per heavy atom. The van der Waals surface area contributed by atoms with Crippen LogP contribution in [0.1, 0.15) is 10.4 Å². The summed E-state index contributed by atoms with van der Waals surface area (Å²) >= 11 is 0. The van der Waals surface area contributed by atoms with Gasteiger partial charge in [0.15, 0.2) is 0 Å². The van der Waals surface area contributed by atoms with Crippen LogP contribution in [0.5, 0.6) is 0 Å². The van der Waals surface area contributed by atoms with Gasteiger partial charge in [-0.15, -0.1) is 0 Å². The topological polar surface area (TPSA) is 99.6 Å². The van der Waals surface area contributed by atoms with E-state index in [1.54, 1.807) is 32.4 Å². The van der Waals surface area contributed by atoms with Crippen LogP contribution in [-0.4, -0.2) is 39.4 Å². The Kier molecular flexibility index (Phi) is 5.41. The summed E-state index contributed by atoms with van der Waals surface area (Å²) in [6.07, 6.45) is -0.186. The van der Waals surface area contributed by atoms with Crippen LogP contribution >= 0.6 is 0 Å². The fraction of sp³-hybridized carbons (Fsp3) is 0.417. The first-order chi connectivity index (χ1) is 8.58. The third-order valence-corrected chi connectivity index (χ3v) is 2.50. The summed E-state index contributed by atoms with van der Waals surface area (Å²) < 4.78 is 10.1. The number of benzene rings is 1. The SMILES string of the molecule is COCC(CNC(=O)c1ccc(N)cc1N)OC. The molecule has 1 unspecified atom stereocenters. The first-order valence-corrected chi connectivity index (χ1v) is 5.53. The largest absolute Gasteiger partial charge is 0.399 e. The van der Waals surface area contributed by atoms with Crippen molar-refractivity contribution in [3.8, 4) is 0 Å². The fourth-order valence-electron chi connectivity index (χ4n) is 1.49. The Bertz CT molecular complexity index is 410. The quantitative estimate of drug-likeness (QED) is 0.631. The van der Waals surface area contributed by atoms with Crippen molar-refractivity contribution >= 4 is 17.3 Å². The van der Waals surface area contributed by atoms with Gasteiger partial charge in [0.05, 0.1) is 18.3 Å². The molecule has 0 aromatic heterocycles. The highest BCUT2D eigenvalue weighted by atomic mass is 16.5. The molecule has 1 aromatic carbocycles. The maximum atomic E-state index is 11.9. The van der Waals surface area contributed by atoms with Crippen LogP contribution in [0.4, 0.5) is 11.4 Å². The van der Waals surface area contributed by atoms with Gasteiger partial charge in [-0.05, 0) is 18.2 Å². The lowest BCUT2D eigenvalue weighted by atomic mass is 10.1. The second-order valence-electron chi connectivity index (χ2n) is 3.87. The van der Waals surface area contributed by atoms with E-state index < -0.39 is 0 Å². The molecule has 1 aromatic rings. The van der Waals surface area contributed by atoms with Gasteiger partial charge in [0, 0.05) is 32.1 Å². The molecule has 0 fully saturated rings. The van der Waals surface area contributed by atoms with Gasteiger partial charge in [0.1, 0.15) is 0 Å². The molecule has 0 saturated carbocycles. The molecule has 0 aliphatic carbocycles. The molecule has 1 rings (SSSR count). The first-order valence-electron chi connectivity index (χ1n) is 5.53. The van der Waals surface area contributed by atoms with Gasteiger partial charge in [0.25, 0.3) is 5.91 Å². The molecule has 18 heavy (non-hydrogen) atoms. The minimum absolute atomic E-state index is 0.186. The maximum Gasteiger partial charge on any atom is 0.253 e. The number of ether oxygens (including phenoxy) is 2. The minimum Gasteiger partial charge on any atom is -0.399 e. The number of amides is 1. The van der Waals surface area contributed by atoms with E-state index in [0.717, 1.165) is 0 Å². The van der Waals surface area contributed by atoms with Gasteiger partial charge in [-0.1, -0.05) is 0 Å². The molecule has 0 radical (unpaired) electrons. The van der Waals surface area contributed by atoms with Crippen LogP contribution in [0.25, 0.3) is 0 Å². The Labute approximate surface area is 106 Å². The average molecular weight is 253 g/mol. The van der Waals surface area contributed by atoms with Crippen LogP contribution in [0.2, 0.25) is 0 Å². The third-order valence-electron chi connectivity index (χ3n) is 2.50. The van der Waals surface area contributed by atoms with E-state index in [0.29, 0.717) is 30.1 Å². The average Bonchev–Trinajstić information content (AvgIpc) is 2.34. The Morgan fingerprint density at radius 1 is 1.39 bits per heavy atom. The highest BCUT2D eigenvalue weighted by Gasteiger charge is 2.12. The second kappa shape index (κ2) is 6.83. The van der Waals surface area contributed by atoms with Crippen molar-refractivity contribution in [3.05, 3.63) is 23.8 Å². The summed E-state index contributed by atoms with van der Waals surface area (Å²) in [6.45, 7) is 0.765. The zero-order chi connectivity index (χ0) is 13.5. The lowest BCUT2D eigenvalue weighted by molar-refractivity contribution is 0.0285. The normalized spacial score (nSPS) is 12.1. The molecule has 0 aliphatic heterocycles. The number of hydrogen-bond acceptors (Lipinski definition) is 5. The molecule has 1 atom stereocenters. The number of nitrogens with two attached hydrogens (primary N) is 2. The Hall–Kier alpha value is -1.79. The standard InChI is InChI=1S/C12H19N3O3/c1-17-7-9(18-2)6-15-12(16)10-4-3-8(13)5-11(10)14/h3-5,9H,6-7,13-14H2,1-2H3,(H,15,16). The van der Waals surface area contributed by atoms with E-state index in [1.807, 2.05) is 0 Å². The smallest absolute Gasteiger partial charge is 0.253 e. The molecule has 5 N–H and O–H groups in total. The van der Waals surface area contributed by atoms with Gasteiger partial charge < -0.3 is 26.3 Å². The monoisotopic (exact) mass is 253 g/mol. The number of hydrogen-bond donors (Lipinski definition) is 3. The van der Waals surface area contributed by atoms with Crippen LogP contribution in [0.15, 0.2) is 18.2 Å². The van der Waals surface area contributed by atoms with E-state index in [2.05, 4.69) is 5.32 Å². The van der Waals surface area contributed by atoms with E-state index in [-0.39, 0.29) is 12.0 Å². The first kappa shape index (κ1) is 14.3. The maximum absolute atomic E-state index is 11.9. The summed E-state index contributed by atoms with van der Waals surface area (Å²) in [5.74, 6) is -0.259. The van der Waals surface area contributed by atoms with Gasteiger partial charge >= 0.3 is 0 Å². The van der Waals surface area contributed by atoms with Crippen molar-refractivity contribution in [1.82, 2.24) is 5.32 Å². The van der Waals surface area contributed by atoms with Gasteiger partial charge in [-0.25, -0.2) is 0 Å². The van der Waals surface area contributed by atoms with Crippen molar-refractivity contribution in [2.24, 2.45) is 0 Å². The fourth-order valence-corrected chi connectivity index (χ4v) is 1.49. The zero-order valence-corrected chi connectivity index (χ0v) is 10.6. The van der Waals surface area contributed by atoms with Crippen molar-refractivity contribution in [2.75, 3.05) is 38.8 Å². The molecule has 1 amide bonds. The van der Waals surface area contributed by atoms with Crippen molar-refractivity contribution < 1.29 is 14.3 Å². The molecule has 0 saturated heterocycles. The predicted molar refractivity (Wildman–Crippen MR) is 70.3 cm³/mol. The summed E-state index contributed by atoms with van der Waals surface area (Å²) in [5.41, 5.74) is 12.6. The minimum atomic E-state index is -0.259. The summed E-state index contributed by atoms with van der Waals surface area (Å²) in [5, 5.41) is 2.73. The van der Waals surface area contributed by atoms with E-state index in [4.69, 9.17) is 20.9 Å². The van der Waals surface area contributed by atoms with Crippen LogP contribution in [0.3, 0.4) is 0 Å². The number of nitrogens with one attached hydrogen (secondary N) is 1. The van der Waals surface area contributed by atoms with Gasteiger partial charge in [-0.3, -0.25) is 4.79 Å². The van der Waals surface area contributed by atoms with Gasteiger partial charge in [-0.2, -0.15) is 0 Å².